The molecule has 0 saturated heterocycles. The fourth-order valence-electron chi connectivity index (χ4n) is 2.36. The van der Waals surface area contributed by atoms with Crippen LogP contribution >= 0.6 is 11.6 Å². The van der Waals surface area contributed by atoms with Crippen LogP contribution in [0.4, 0.5) is 0 Å². The largest absolute Gasteiger partial charge is 0.390 e. The van der Waals surface area contributed by atoms with Gasteiger partial charge in [0.2, 0.25) is 0 Å². The third kappa shape index (κ3) is 1.84. The summed E-state index contributed by atoms with van der Waals surface area (Å²) in [4.78, 5) is 0. The molecule has 1 N–H and O–H groups in total. The van der Waals surface area contributed by atoms with Crippen molar-refractivity contribution in [1.29, 1.82) is 0 Å². The molecule has 1 aliphatic rings. The van der Waals surface area contributed by atoms with Gasteiger partial charge in [-0.25, -0.2) is 4.68 Å². The number of halogens is 1. The fraction of sp³-hybridized carbons (Fsp3) is 0.357. The van der Waals surface area contributed by atoms with Crippen LogP contribution in [0.3, 0.4) is 0 Å². The molecule has 0 unspecified atom stereocenters. The number of aryl methyl sites for hydroxylation is 1. The maximum absolute atomic E-state index is 9.60. The van der Waals surface area contributed by atoms with Gasteiger partial charge in [-0.1, -0.05) is 23.7 Å². The number of benzene rings is 1. The Morgan fingerprint density at radius 1 is 1.44 bits per heavy atom. The molecule has 0 bridgehead atoms. The Morgan fingerprint density at radius 3 is 2.83 bits per heavy atom. The van der Waals surface area contributed by atoms with Crippen molar-refractivity contribution in [3.63, 3.8) is 0 Å². The lowest BCUT2D eigenvalue weighted by Gasteiger charge is -2.11. The van der Waals surface area contributed by atoms with Gasteiger partial charge >= 0.3 is 0 Å². The zero-order valence-corrected chi connectivity index (χ0v) is 11.0. The molecule has 94 valence electrons. The van der Waals surface area contributed by atoms with Crippen LogP contribution in [-0.2, 0) is 6.61 Å². The first kappa shape index (κ1) is 11.8. The Hall–Kier alpha value is -1.32. The molecule has 4 heteroatoms. The highest BCUT2D eigenvalue weighted by Gasteiger charge is 2.29. The van der Waals surface area contributed by atoms with Gasteiger partial charge in [0, 0.05) is 0 Å². The van der Waals surface area contributed by atoms with Gasteiger partial charge in [0.05, 0.1) is 29.2 Å². The molecule has 3 rings (SSSR count). The van der Waals surface area contributed by atoms with Crippen molar-refractivity contribution in [3.05, 3.63) is 46.2 Å². The Bertz CT molecular complexity index is 567. The lowest BCUT2D eigenvalue weighted by atomic mass is 10.1. The topological polar surface area (TPSA) is 38.0 Å². The van der Waals surface area contributed by atoms with E-state index in [-0.39, 0.29) is 6.61 Å². The van der Waals surface area contributed by atoms with E-state index in [1.807, 2.05) is 31.3 Å². The third-order valence-corrected chi connectivity index (χ3v) is 3.77. The van der Waals surface area contributed by atoms with Crippen molar-refractivity contribution in [1.82, 2.24) is 9.78 Å². The van der Waals surface area contributed by atoms with Crippen LogP contribution < -0.4 is 0 Å². The van der Waals surface area contributed by atoms with Gasteiger partial charge in [-0.2, -0.15) is 5.10 Å². The van der Waals surface area contributed by atoms with Crippen molar-refractivity contribution in [2.24, 2.45) is 0 Å². The Balaban J connectivity index is 2.16. The first-order valence-corrected chi connectivity index (χ1v) is 6.53. The molecule has 18 heavy (non-hydrogen) atoms. The van der Waals surface area contributed by atoms with Crippen LogP contribution in [0.2, 0.25) is 5.02 Å². The summed E-state index contributed by atoms with van der Waals surface area (Å²) in [6, 6.07) is 5.77. The normalized spacial score (nSPS) is 15.1. The van der Waals surface area contributed by atoms with Gasteiger partial charge < -0.3 is 5.11 Å². The second kappa shape index (κ2) is 4.41. The average Bonchev–Trinajstić information content (AvgIpc) is 3.10. The highest BCUT2D eigenvalue weighted by atomic mass is 35.5. The first-order chi connectivity index (χ1) is 8.72. The molecule has 3 nitrogen and oxygen atoms in total. The highest BCUT2D eigenvalue weighted by molar-refractivity contribution is 6.32. The number of hydrogen-bond acceptors (Lipinski definition) is 2. The molecule has 0 aliphatic heterocycles. The summed E-state index contributed by atoms with van der Waals surface area (Å²) in [6.07, 6.45) is 4.26. The zero-order chi connectivity index (χ0) is 12.7. The fourth-order valence-corrected chi connectivity index (χ4v) is 2.67. The van der Waals surface area contributed by atoms with E-state index in [0.717, 1.165) is 22.5 Å². The Kier molecular flexibility index (Phi) is 2.88. The molecule has 1 aromatic carbocycles. The maximum atomic E-state index is 9.60. The third-order valence-electron chi connectivity index (χ3n) is 3.47. The SMILES string of the molecule is Cc1cccc(Cl)c1-n1ncc(C2CC2)c1CO. The molecule has 1 fully saturated rings. The van der Waals surface area contributed by atoms with Crippen molar-refractivity contribution in [2.45, 2.75) is 32.3 Å². The molecule has 1 heterocycles. The summed E-state index contributed by atoms with van der Waals surface area (Å²) in [7, 11) is 0. The quantitative estimate of drug-likeness (QED) is 0.922. The molecular weight excluding hydrogens is 248 g/mol. The molecule has 0 spiro atoms. The van der Waals surface area contributed by atoms with E-state index in [1.165, 1.54) is 12.8 Å². The number of para-hydroxylation sites is 1. The van der Waals surface area contributed by atoms with Gasteiger partial charge in [0.25, 0.3) is 0 Å². The molecular formula is C14H15ClN2O. The smallest absolute Gasteiger partial charge is 0.0865 e. The lowest BCUT2D eigenvalue weighted by Crippen LogP contribution is -2.06. The van der Waals surface area contributed by atoms with Gasteiger partial charge in [0.15, 0.2) is 0 Å². The van der Waals surface area contributed by atoms with E-state index in [4.69, 9.17) is 11.6 Å². The molecule has 0 atom stereocenters. The van der Waals surface area contributed by atoms with Crippen LogP contribution in [0.25, 0.3) is 5.69 Å². The van der Waals surface area contributed by atoms with Gasteiger partial charge in [-0.15, -0.1) is 0 Å². The van der Waals surface area contributed by atoms with Crippen LogP contribution in [0, 0.1) is 6.92 Å². The van der Waals surface area contributed by atoms with Gasteiger partial charge in [-0.3, -0.25) is 0 Å². The van der Waals surface area contributed by atoms with Crippen molar-refractivity contribution in [2.75, 3.05) is 0 Å². The van der Waals surface area contributed by atoms with E-state index in [9.17, 15) is 5.11 Å². The second-order valence-corrected chi connectivity index (χ2v) is 5.20. The van der Waals surface area contributed by atoms with Crippen molar-refractivity contribution < 1.29 is 5.11 Å². The summed E-state index contributed by atoms with van der Waals surface area (Å²) in [5.41, 5.74) is 3.96. The van der Waals surface area contributed by atoms with E-state index in [2.05, 4.69) is 5.10 Å². The van der Waals surface area contributed by atoms with Gasteiger partial charge in [0.1, 0.15) is 0 Å². The van der Waals surface area contributed by atoms with Crippen molar-refractivity contribution >= 4 is 11.6 Å². The number of nitrogens with zero attached hydrogens (tertiary/aromatic N) is 2. The summed E-state index contributed by atoms with van der Waals surface area (Å²) in [5.74, 6) is 0.573. The lowest BCUT2D eigenvalue weighted by molar-refractivity contribution is 0.272. The van der Waals surface area contributed by atoms with E-state index >= 15 is 0 Å². The van der Waals surface area contributed by atoms with E-state index in [1.54, 1.807) is 4.68 Å². The predicted octanol–water partition coefficient (Wildman–Crippen LogP) is 3.20. The molecule has 0 amide bonds. The summed E-state index contributed by atoms with van der Waals surface area (Å²) < 4.78 is 1.78. The summed E-state index contributed by atoms with van der Waals surface area (Å²) >= 11 is 6.25. The summed E-state index contributed by atoms with van der Waals surface area (Å²) in [5, 5.41) is 14.7. The molecule has 1 aliphatic carbocycles. The predicted molar refractivity (Wildman–Crippen MR) is 71.2 cm³/mol. The number of aliphatic hydroxyl groups is 1. The van der Waals surface area contributed by atoms with E-state index in [0.29, 0.717) is 10.9 Å². The monoisotopic (exact) mass is 262 g/mol. The van der Waals surface area contributed by atoms with Crippen LogP contribution in [0.15, 0.2) is 24.4 Å². The standard InChI is InChI=1S/C14H15ClN2O/c1-9-3-2-4-12(15)14(9)17-13(8-18)11(7-16-17)10-5-6-10/h2-4,7,10,18H,5-6,8H2,1H3. The van der Waals surface area contributed by atoms with Crippen LogP contribution in [0.1, 0.15) is 35.6 Å². The van der Waals surface area contributed by atoms with Crippen molar-refractivity contribution in [3.8, 4) is 5.69 Å². The number of hydrogen-bond donors (Lipinski definition) is 1. The number of rotatable bonds is 3. The zero-order valence-electron chi connectivity index (χ0n) is 10.2. The Morgan fingerprint density at radius 2 is 2.22 bits per heavy atom. The number of aliphatic hydroxyl groups excluding tert-OH is 1. The number of aromatic nitrogens is 2. The first-order valence-electron chi connectivity index (χ1n) is 6.15. The molecule has 1 saturated carbocycles. The minimum atomic E-state index is -0.00348. The van der Waals surface area contributed by atoms with Crippen LogP contribution in [0.5, 0.6) is 0 Å². The van der Waals surface area contributed by atoms with Gasteiger partial charge in [-0.05, 0) is 42.9 Å². The highest BCUT2D eigenvalue weighted by Crippen LogP contribution is 2.42. The molecule has 1 aromatic heterocycles. The van der Waals surface area contributed by atoms with Crippen LogP contribution in [-0.4, -0.2) is 14.9 Å². The second-order valence-electron chi connectivity index (χ2n) is 4.80. The summed E-state index contributed by atoms with van der Waals surface area (Å²) in [6.45, 7) is 2.00. The Labute approximate surface area is 111 Å². The minimum absolute atomic E-state index is 0.00348. The minimum Gasteiger partial charge on any atom is -0.390 e. The molecule has 0 radical (unpaired) electrons. The average molecular weight is 263 g/mol. The van der Waals surface area contributed by atoms with E-state index < -0.39 is 0 Å². The molecule has 2 aromatic rings. The maximum Gasteiger partial charge on any atom is 0.0865 e.